The van der Waals surface area contributed by atoms with E-state index < -0.39 is 0 Å². The second-order valence-corrected chi connectivity index (χ2v) is 6.27. The third-order valence-corrected chi connectivity index (χ3v) is 4.18. The molecule has 5 nitrogen and oxygen atoms in total. The number of benzene rings is 2. The van der Waals surface area contributed by atoms with E-state index in [0.29, 0.717) is 11.7 Å². The first-order chi connectivity index (χ1) is 10.3. The van der Waals surface area contributed by atoms with E-state index in [1.54, 1.807) is 4.68 Å². The van der Waals surface area contributed by atoms with Crippen LogP contribution in [0.25, 0.3) is 5.69 Å². The zero-order valence-corrected chi connectivity index (χ0v) is 13.4. The highest BCUT2D eigenvalue weighted by Gasteiger charge is 2.10. The summed E-state index contributed by atoms with van der Waals surface area (Å²) in [4.78, 5) is 1.04. The van der Waals surface area contributed by atoms with E-state index in [4.69, 9.17) is 5.73 Å². The van der Waals surface area contributed by atoms with Crippen LogP contribution in [0.3, 0.4) is 0 Å². The van der Waals surface area contributed by atoms with Crippen LogP contribution in [0.5, 0.6) is 0 Å². The molecule has 0 saturated carbocycles. The van der Waals surface area contributed by atoms with E-state index in [9.17, 15) is 0 Å². The molecule has 21 heavy (non-hydrogen) atoms. The minimum Gasteiger partial charge on any atom is -0.326 e. The smallest absolute Gasteiger partial charge is 0.218 e. The van der Waals surface area contributed by atoms with Crippen molar-refractivity contribution in [2.75, 3.05) is 0 Å². The number of aromatic nitrogens is 4. The summed E-state index contributed by atoms with van der Waals surface area (Å²) >= 11 is 4.99. The van der Waals surface area contributed by atoms with Gasteiger partial charge in [0, 0.05) is 15.9 Å². The molecule has 0 bridgehead atoms. The standard InChI is InChI=1S/C14H12BrN5S/c15-11-6-10(9-16)7-13(8-11)21-14-17-18-19-20(14)12-4-2-1-3-5-12/h1-8H,9,16H2. The molecule has 0 aliphatic rings. The van der Waals surface area contributed by atoms with Crippen molar-refractivity contribution in [2.24, 2.45) is 5.73 Å². The van der Waals surface area contributed by atoms with Crippen molar-refractivity contribution >= 4 is 27.7 Å². The summed E-state index contributed by atoms with van der Waals surface area (Å²) in [7, 11) is 0. The van der Waals surface area contributed by atoms with Crippen LogP contribution in [0.2, 0.25) is 0 Å². The monoisotopic (exact) mass is 361 g/mol. The lowest BCUT2D eigenvalue weighted by molar-refractivity contribution is 0.756. The Morgan fingerprint density at radius 1 is 1.14 bits per heavy atom. The van der Waals surface area contributed by atoms with Crippen molar-refractivity contribution in [3.8, 4) is 5.69 Å². The molecular weight excluding hydrogens is 350 g/mol. The van der Waals surface area contributed by atoms with Crippen LogP contribution in [0, 0.1) is 0 Å². The molecule has 7 heteroatoms. The molecule has 2 aromatic carbocycles. The summed E-state index contributed by atoms with van der Waals surface area (Å²) in [5.41, 5.74) is 7.70. The van der Waals surface area contributed by atoms with Crippen molar-refractivity contribution in [3.05, 3.63) is 58.6 Å². The Labute approximate surface area is 134 Å². The van der Waals surface area contributed by atoms with Gasteiger partial charge in [-0.25, -0.2) is 0 Å². The molecule has 0 unspecified atom stereocenters. The molecule has 0 aliphatic carbocycles. The van der Waals surface area contributed by atoms with E-state index >= 15 is 0 Å². The summed E-state index contributed by atoms with van der Waals surface area (Å²) in [6, 6.07) is 15.9. The summed E-state index contributed by atoms with van der Waals surface area (Å²) in [5.74, 6) is 0. The highest BCUT2D eigenvalue weighted by Crippen LogP contribution is 2.30. The number of hydrogen-bond acceptors (Lipinski definition) is 5. The van der Waals surface area contributed by atoms with E-state index in [0.717, 1.165) is 20.6 Å². The average Bonchev–Trinajstić information content (AvgIpc) is 2.95. The van der Waals surface area contributed by atoms with Crippen LogP contribution in [-0.4, -0.2) is 20.2 Å². The van der Waals surface area contributed by atoms with E-state index in [1.165, 1.54) is 11.8 Å². The maximum absolute atomic E-state index is 5.71. The van der Waals surface area contributed by atoms with Gasteiger partial charge in [-0.1, -0.05) is 34.1 Å². The minimum atomic E-state index is 0.497. The number of hydrogen-bond donors (Lipinski definition) is 1. The lowest BCUT2D eigenvalue weighted by Gasteiger charge is -2.06. The summed E-state index contributed by atoms with van der Waals surface area (Å²) < 4.78 is 2.71. The van der Waals surface area contributed by atoms with Gasteiger partial charge in [0.15, 0.2) is 0 Å². The average molecular weight is 362 g/mol. The number of rotatable bonds is 4. The molecule has 2 N–H and O–H groups in total. The second-order valence-electron chi connectivity index (χ2n) is 4.31. The van der Waals surface area contributed by atoms with Crippen molar-refractivity contribution in [2.45, 2.75) is 16.6 Å². The number of para-hydroxylation sites is 1. The Balaban J connectivity index is 1.93. The van der Waals surface area contributed by atoms with Gasteiger partial charge in [0.25, 0.3) is 0 Å². The number of halogens is 1. The molecule has 0 aliphatic heterocycles. The lowest BCUT2D eigenvalue weighted by atomic mass is 10.2. The summed E-state index contributed by atoms with van der Waals surface area (Å²) in [5, 5.41) is 12.6. The van der Waals surface area contributed by atoms with Gasteiger partial charge in [-0.05, 0) is 58.1 Å². The fourth-order valence-corrected chi connectivity index (χ4v) is 3.48. The van der Waals surface area contributed by atoms with Gasteiger partial charge in [0.2, 0.25) is 5.16 Å². The van der Waals surface area contributed by atoms with E-state index in [1.807, 2.05) is 48.5 Å². The van der Waals surface area contributed by atoms with Crippen molar-refractivity contribution < 1.29 is 0 Å². The summed E-state index contributed by atoms with van der Waals surface area (Å²) in [6.07, 6.45) is 0. The molecule has 106 valence electrons. The zero-order valence-electron chi connectivity index (χ0n) is 11.0. The maximum Gasteiger partial charge on any atom is 0.218 e. The Hall–Kier alpha value is -1.70. The van der Waals surface area contributed by atoms with Gasteiger partial charge in [-0.3, -0.25) is 0 Å². The number of nitrogens with two attached hydrogens (primary N) is 1. The molecule has 3 rings (SSSR count). The van der Waals surface area contributed by atoms with Gasteiger partial charge in [-0.15, -0.1) is 5.10 Å². The minimum absolute atomic E-state index is 0.497. The van der Waals surface area contributed by atoms with Gasteiger partial charge >= 0.3 is 0 Å². The van der Waals surface area contributed by atoms with Crippen LogP contribution in [0.15, 0.2) is 63.1 Å². The molecule has 0 saturated heterocycles. The SMILES string of the molecule is NCc1cc(Br)cc(Sc2nnnn2-c2ccccc2)c1. The molecule has 0 atom stereocenters. The Bertz CT molecular complexity index is 744. The first-order valence-electron chi connectivity index (χ1n) is 6.27. The Morgan fingerprint density at radius 3 is 2.71 bits per heavy atom. The number of tetrazole rings is 1. The number of nitrogens with zero attached hydrogens (tertiary/aromatic N) is 4. The fraction of sp³-hybridized carbons (Fsp3) is 0.0714. The highest BCUT2D eigenvalue weighted by molar-refractivity contribution is 9.10. The van der Waals surface area contributed by atoms with Gasteiger partial charge in [0.05, 0.1) is 5.69 Å². The van der Waals surface area contributed by atoms with Crippen molar-refractivity contribution in [1.82, 2.24) is 20.2 Å². The second kappa shape index (κ2) is 6.38. The van der Waals surface area contributed by atoms with Crippen LogP contribution in [-0.2, 0) is 6.54 Å². The maximum atomic E-state index is 5.71. The third kappa shape index (κ3) is 3.31. The molecular formula is C14H12BrN5S. The molecule has 0 spiro atoms. The molecule has 1 aromatic heterocycles. The van der Waals surface area contributed by atoms with Crippen LogP contribution < -0.4 is 5.73 Å². The van der Waals surface area contributed by atoms with Crippen LogP contribution in [0.1, 0.15) is 5.56 Å². The largest absolute Gasteiger partial charge is 0.326 e. The van der Waals surface area contributed by atoms with Gasteiger partial charge < -0.3 is 5.73 Å². The molecule has 1 heterocycles. The van der Waals surface area contributed by atoms with E-state index in [-0.39, 0.29) is 0 Å². The molecule has 0 amide bonds. The quantitative estimate of drug-likeness (QED) is 0.773. The molecule has 0 fully saturated rings. The molecule has 0 radical (unpaired) electrons. The fourth-order valence-electron chi connectivity index (χ4n) is 1.88. The normalized spacial score (nSPS) is 10.8. The van der Waals surface area contributed by atoms with Gasteiger partial charge in [-0.2, -0.15) is 4.68 Å². The Kier molecular flexibility index (Phi) is 4.33. The third-order valence-electron chi connectivity index (χ3n) is 2.82. The first kappa shape index (κ1) is 14.2. The Morgan fingerprint density at radius 2 is 1.95 bits per heavy atom. The summed E-state index contributed by atoms with van der Waals surface area (Å²) in [6.45, 7) is 0.497. The molecule has 3 aromatic rings. The van der Waals surface area contributed by atoms with Gasteiger partial charge in [0.1, 0.15) is 0 Å². The first-order valence-corrected chi connectivity index (χ1v) is 7.88. The van der Waals surface area contributed by atoms with E-state index in [2.05, 4.69) is 31.5 Å². The topological polar surface area (TPSA) is 69.6 Å². The predicted octanol–water partition coefficient (Wildman–Crippen LogP) is 3.03. The van der Waals surface area contributed by atoms with Crippen molar-refractivity contribution in [1.29, 1.82) is 0 Å². The predicted molar refractivity (Wildman–Crippen MR) is 85.3 cm³/mol. The van der Waals surface area contributed by atoms with Crippen LogP contribution in [0.4, 0.5) is 0 Å². The van der Waals surface area contributed by atoms with Crippen molar-refractivity contribution in [3.63, 3.8) is 0 Å². The van der Waals surface area contributed by atoms with Crippen LogP contribution >= 0.6 is 27.7 Å². The zero-order chi connectivity index (χ0) is 14.7. The lowest BCUT2D eigenvalue weighted by Crippen LogP contribution is -1.99. The highest BCUT2D eigenvalue weighted by atomic mass is 79.9.